The van der Waals surface area contributed by atoms with Gasteiger partial charge in [-0.3, -0.25) is 4.68 Å². The summed E-state index contributed by atoms with van der Waals surface area (Å²) >= 11 is 0. The Bertz CT molecular complexity index is 896. The van der Waals surface area contributed by atoms with Crippen molar-refractivity contribution in [2.45, 2.75) is 24.5 Å². The van der Waals surface area contributed by atoms with Crippen LogP contribution in [0.4, 0.5) is 0 Å². The van der Waals surface area contributed by atoms with Crippen LogP contribution in [0.5, 0.6) is 11.5 Å². The molecule has 9 heteroatoms. The van der Waals surface area contributed by atoms with Gasteiger partial charge in [0.1, 0.15) is 13.2 Å². The smallest absolute Gasteiger partial charge is 0.243 e. The molecule has 1 atom stereocenters. The maximum atomic E-state index is 13.1. The van der Waals surface area contributed by atoms with Gasteiger partial charge in [0.25, 0.3) is 0 Å². The minimum absolute atomic E-state index is 0.201. The molecule has 1 aromatic carbocycles. The van der Waals surface area contributed by atoms with Crippen molar-refractivity contribution in [1.29, 1.82) is 0 Å². The fraction of sp³-hybridized carbons (Fsp3) is 0.471. The average molecular weight is 379 g/mol. The first-order valence-electron chi connectivity index (χ1n) is 8.61. The van der Waals surface area contributed by atoms with Crippen LogP contribution in [0.2, 0.25) is 0 Å². The Kier molecular flexibility index (Phi) is 4.60. The van der Waals surface area contributed by atoms with Crippen molar-refractivity contribution in [2.24, 2.45) is 0 Å². The summed E-state index contributed by atoms with van der Waals surface area (Å²) < 4.78 is 46.1. The summed E-state index contributed by atoms with van der Waals surface area (Å²) in [6.07, 6.45) is 3.30. The molecule has 1 saturated heterocycles. The van der Waals surface area contributed by atoms with Gasteiger partial charge in [-0.15, -0.1) is 0 Å². The summed E-state index contributed by atoms with van der Waals surface area (Å²) in [4.78, 5) is 0.201. The number of benzene rings is 1. The number of rotatable bonds is 4. The first-order chi connectivity index (χ1) is 12.6. The highest BCUT2D eigenvalue weighted by Gasteiger charge is 2.32. The predicted molar refractivity (Wildman–Crippen MR) is 92.8 cm³/mol. The standard InChI is InChI=1S/C17H21N3O5S/c1-2-19-11-13(10-18-19)17-12-20(5-6-23-17)26(21,22)14-3-4-15-16(9-14)25-8-7-24-15/h3-4,9-11,17H,2,5-8,12H2,1H3/t17-/m1/s1. The molecule has 3 heterocycles. The minimum Gasteiger partial charge on any atom is -0.486 e. The Hall–Kier alpha value is -2.10. The van der Waals surface area contributed by atoms with Gasteiger partial charge in [0.2, 0.25) is 10.0 Å². The van der Waals surface area contributed by atoms with E-state index in [1.54, 1.807) is 23.0 Å². The van der Waals surface area contributed by atoms with Gasteiger partial charge in [0.15, 0.2) is 11.5 Å². The molecule has 0 bridgehead atoms. The third-order valence-electron chi connectivity index (χ3n) is 4.53. The lowest BCUT2D eigenvalue weighted by atomic mass is 10.2. The highest BCUT2D eigenvalue weighted by atomic mass is 32.2. The molecule has 0 aliphatic carbocycles. The summed E-state index contributed by atoms with van der Waals surface area (Å²) in [6, 6.07) is 4.73. The molecule has 2 aliphatic rings. The van der Waals surface area contributed by atoms with E-state index in [9.17, 15) is 8.42 Å². The normalized spacial score (nSPS) is 20.9. The molecular weight excluding hydrogens is 358 g/mol. The molecule has 0 radical (unpaired) electrons. The van der Waals surface area contributed by atoms with Crippen LogP contribution in [-0.2, 0) is 21.3 Å². The van der Waals surface area contributed by atoms with Crippen molar-refractivity contribution >= 4 is 10.0 Å². The minimum atomic E-state index is -3.64. The lowest BCUT2D eigenvalue weighted by Gasteiger charge is -2.32. The number of hydrogen-bond donors (Lipinski definition) is 0. The molecular formula is C17H21N3O5S. The number of aryl methyl sites for hydroxylation is 1. The lowest BCUT2D eigenvalue weighted by Crippen LogP contribution is -2.42. The molecule has 1 fully saturated rings. The van der Waals surface area contributed by atoms with E-state index < -0.39 is 10.0 Å². The van der Waals surface area contributed by atoms with E-state index in [-0.39, 0.29) is 17.5 Å². The molecule has 0 N–H and O–H groups in total. The Labute approximate surface area is 152 Å². The molecule has 0 saturated carbocycles. The summed E-state index contributed by atoms with van der Waals surface area (Å²) in [5.41, 5.74) is 0.883. The van der Waals surface area contributed by atoms with Gasteiger partial charge in [0.05, 0.1) is 23.8 Å². The molecule has 0 spiro atoms. The zero-order chi connectivity index (χ0) is 18.1. The largest absolute Gasteiger partial charge is 0.486 e. The van der Waals surface area contributed by atoms with Gasteiger partial charge in [-0.1, -0.05) is 0 Å². The topological polar surface area (TPSA) is 82.9 Å². The molecule has 8 nitrogen and oxygen atoms in total. The molecule has 26 heavy (non-hydrogen) atoms. The van der Waals surface area contributed by atoms with Crippen LogP contribution in [0.3, 0.4) is 0 Å². The zero-order valence-corrected chi connectivity index (χ0v) is 15.3. The molecule has 2 aliphatic heterocycles. The van der Waals surface area contributed by atoms with E-state index >= 15 is 0 Å². The van der Waals surface area contributed by atoms with Gasteiger partial charge in [-0.2, -0.15) is 9.40 Å². The third-order valence-corrected chi connectivity index (χ3v) is 6.39. The quantitative estimate of drug-likeness (QED) is 0.799. The van der Waals surface area contributed by atoms with E-state index in [0.29, 0.717) is 37.9 Å². The first kappa shape index (κ1) is 17.3. The van der Waals surface area contributed by atoms with Gasteiger partial charge in [0, 0.05) is 37.5 Å². The van der Waals surface area contributed by atoms with Crippen LogP contribution in [0.1, 0.15) is 18.6 Å². The number of aromatic nitrogens is 2. The third kappa shape index (κ3) is 3.17. The van der Waals surface area contributed by atoms with Crippen LogP contribution in [-0.4, -0.2) is 55.4 Å². The van der Waals surface area contributed by atoms with Crippen molar-refractivity contribution in [3.8, 4) is 11.5 Å². The van der Waals surface area contributed by atoms with Crippen LogP contribution >= 0.6 is 0 Å². The molecule has 4 rings (SSSR count). The molecule has 140 valence electrons. The Morgan fingerprint density at radius 2 is 2.00 bits per heavy atom. The molecule has 2 aromatic rings. The summed E-state index contributed by atoms with van der Waals surface area (Å²) in [5, 5.41) is 4.24. The number of sulfonamides is 1. The number of ether oxygens (including phenoxy) is 3. The van der Waals surface area contributed by atoms with E-state index in [4.69, 9.17) is 14.2 Å². The fourth-order valence-electron chi connectivity index (χ4n) is 3.10. The Morgan fingerprint density at radius 1 is 1.19 bits per heavy atom. The van der Waals surface area contributed by atoms with Crippen molar-refractivity contribution in [3.05, 3.63) is 36.2 Å². The van der Waals surface area contributed by atoms with Gasteiger partial charge in [-0.25, -0.2) is 8.42 Å². The first-order valence-corrected chi connectivity index (χ1v) is 10.1. The fourth-order valence-corrected chi connectivity index (χ4v) is 4.54. The van der Waals surface area contributed by atoms with E-state index in [1.807, 2.05) is 13.1 Å². The van der Waals surface area contributed by atoms with E-state index in [2.05, 4.69) is 5.10 Å². The van der Waals surface area contributed by atoms with Gasteiger partial charge in [-0.05, 0) is 19.1 Å². The van der Waals surface area contributed by atoms with Crippen molar-refractivity contribution in [2.75, 3.05) is 32.9 Å². The second-order valence-corrected chi connectivity index (χ2v) is 8.10. The van der Waals surface area contributed by atoms with Gasteiger partial charge < -0.3 is 14.2 Å². The number of morpholine rings is 1. The van der Waals surface area contributed by atoms with Crippen LogP contribution < -0.4 is 9.47 Å². The second-order valence-electron chi connectivity index (χ2n) is 6.16. The Morgan fingerprint density at radius 3 is 2.77 bits per heavy atom. The number of hydrogen-bond acceptors (Lipinski definition) is 6. The molecule has 0 amide bonds. The summed E-state index contributed by atoms with van der Waals surface area (Å²) in [5.74, 6) is 1.04. The molecule has 1 aromatic heterocycles. The van der Waals surface area contributed by atoms with E-state index in [0.717, 1.165) is 12.1 Å². The van der Waals surface area contributed by atoms with Crippen LogP contribution in [0, 0.1) is 0 Å². The highest BCUT2D eigenvalue weighted by molar-refractivity contribution is 7.89. The van der Waals surface area contributed by atoms with Crippen molar-refractivity contribution < 1.29 is 22.6 Å². The number of nitrogens with zero attached hydrogens (tertiary/aromatic N) is 3. The second kappa shape index (κ2) is 6.90. The lowest BCUT2D eigenvalue weighted by molar-refractivity contribution is -0.00260. The zero-order valence-electron chi connectivity index (χ0n) is 14.5. The monoisotopic (exact) mass is 379 g/mol. The van der Waals surface area contributed by atoms with Crippen LogP contribution in [0.15, 0.2) is 35.5 Å². The summed E-state index contributed by atoms with van der Waals surface area (Å²) in [7, 11) is -3.64. The SMILES string of the molecule is CCn1cc([C@H]2CN(S(=O)(=O)c3ccc4c(c3)OCCO4)CCO2)cn1. The molecule has 0 unspecified atom stereocenters. The van der Waals surface area contributed by atoms with Crippen molar-refractivity contribution in [3.63, 3.8) is 0 Å². The highest BCUT2D eigenvalue weighted by Crippen LogP contribution is 2.34. The van der Waals surface area contributed by atoms with E-state index in [1.165, 1.54) is 10.4 Å². The maximum Gasteiger partial charge on any atom is 0.243 e. The predicted octanol–water partition coefficient (Wildman–Crippen LogP) is 1.44. The Balaban J connectivity index is 1.57. The maximum absolute atomic E-state index is 13.1. The summed E-state index contributed by atoms with van der Waals surface area (Å²) in [6.45, 7) is 4.55. The van der Waals surface area contributed by atoms with Crippen LogP contribution in [0.25, 0.3) is 0 Å². The van der Waals surface area contributed by atoms with Gasteiger partial charge >= 0.3 is 0 Å². The number of fused-ring (bicyclic) bond motifs is 1. The van der Waals surface area contributed by atoms with Crippen molar-refractivity contribution in [1.82, 2.24) is 14.1 Å². The average Bonchev–Trinajstić information content (AvgIpc) is 3.17.